The smallest absolute Gasteiger partial charge is 0.0609 e. The Labute approximate surface area is 149 Å². The molecule has 0 aliphatic carbocycles. The van der Waals surface area contributed by atoms with Crippen molar-refractivity contribution in [2.75, 3.05) is 19.3 Å². The number of hydrogen-bond donors (Lipinski definition) is 1. The Kier molecular flexibility index (Phi) is 6.36. The molecule has 128 valence electrons. The maximum absolute atomic E-state index is 10.6. The Morgan fingerprint density at radius 3 is 2.42 bits per heavy atom. The van der Waals surface area contributed by atoms with E-state index in [0.29, 0.717) is 5.92 Å². The number of rotatable bonds is 6. The Balaban J connectivity index is 1.50. The number of aliphatic hydroxyl groups excluding tert-OH is 1. The molecule has 2 aromatic carbocycles. The van der Waals surface area contributed by atoms with Gasteiger partial charge in [-0.1, -0.05) is 48.5 Å². The van der Waals surface area contributed by atoms with Gasteiger partial charge in [0.15, 0.2) is 0 Å². The van der Waals surface area contributed by atoms with Gasteiger partial charge in [-0.25, -0.2) is 0 Å². The van der Waals surface area contributed by atoms with Gasteiger partial charge in [-0.3, -0.25) is 4.90 Å². The second-order valence-corrected chi connectivity index (χ2v) is 7.53. The van der Waals surface area contributed by atoms with Gasteiger partial charge in [-0.05, 0) is 61.7 Å². The van der Waals surface area contributed by atoms with Gasteiger partial charge >= 0.3 is 0 Å². The van der Waals surface area contributed by atoms with E-state index in [1.54, 1.807) is 0 Å². The minimum Gasteiger partial charge on any atom is -0.392 e. The highest BCUT2D eigenvalue weighted by Crippen LogP contribution is 2.26. The lowest BCUT2D eigenvalue weighted by Gasteiger charge is -2.34. The zero-order valence-corrected chi connectivity index (χ0v) is 15.2. The minimum absolute atomic E-state index is 0.215. The molecule has 0 bridgehead atoms. The van der Waals surface area contributed by atoms with Crippen LogP contribution in [0.2, 0.25) is 0 Å². The summed E-state index contributed by atoms with van der Waals surface area (Å²) >= 11 is 1.82. The van der Waals surface area contributed by atoms with Gasteiger partial charge in [0.1, 0.15) is 0 Å². The van der Waals surface area contributed by atoms with Gasteiger partial charge in [0.2, 0.25) is 0 Å². The van der Waals surface area contributed by atoms with Crippen LogP contribution < -0.4 is 0 Å². The summed E-state index contributed by atoms with van der Waals surface area (Å²) < 4.78 is 0. The van der Waals surface area contributed by atoms with Crippen molar-refractivity contribution in [3.63, 3.8) is 0 Å². The van der Waals surface area contributed by atoms with Gasteiger partial charge in [0.05, 0.1) is 6.10 Å². The monoisotopic (exact) mass is 341 g/mol. The van der Waals surface area contributed by atoms with Crippen molar-refractivity contribution >= 4 is 11.8 Å². The Hall–Kier alpha value is -1.29. The first-order valence-electron chi connectivity index (χ1n) is 8.82. The number of thioether (sulfide) groups is 1. The average molecular weight is 342 g/mol. The van der Waals surface area contributed by atoms with E-state index in [1.807, 2.05) is 30.0 Å². The molecule has 0 spiro atoms. The maximum atomic E-state index is 10.6. The fourth-order valence-corrected chi connectivity index (χ4v) is 4.20. The quantitative estimate of drug-likeness (QED) is 0.796. The molecule has 24 heavy (non-hydrogen) atoms. The third-order valence-corrected chi connectivity index (χ3v) is 5.89. The average Bonchev–Trinajstić information content (AvgIpc) is 2.63. The molecule has 1 heterocycles. The molecular weight excluding hydrogens is 314 g/mol. The molecular formula is C21H27NOS. The molecule has 2 aromatic rings. The molecule has 0 amide bonds. The predicted molar refractivity (Wildman–Crippen MR) is 102 cm³/mol. The summed E-state index contributed by atoms with van der Waals surface area (Å²) in [5.74, 6) is 0.428. The summed E-state index contributed by atoms with van der Waals surface area (Å²) in [5, 5.41) is 10.6. The topological polar surface area (TPSA) is 23.5 Å². The second-order valence-electron chi connectivity index (χ2n) is 6.68. The third-order valence-electron chi connectivity index (χ3n) is 5.05. The zero-order chi connectivity index (χ0) is 16.8. The number of nitrogens with zero attached hydrogens (tertiary/aromatic N) is 1. The van der Waals surface area contributed by atoms with E-state index in [2.05, 4.69) is 47.6 Å². The molecule has 3 rings (SSSR count). The van der Waals surface area contributed by atoms with Crippen molar-refractivity contribution in [2.24, 2.45) is 5.92 Å². The fourth-order valence-electron chi connectivity index (χ4n) is 3.59. The van der Waals surface area contributed by atoms with Crippen LogP contribution in [0, 0.1) is 5.92 Å². The van der Waals surface area contributed by atoms with Gasteiger partial charge in [-0.15, -0.1) is 11.8 Å². The Morgan fingerprint density at radius 1 is 1.04 bits per heavy atom. The lowest BCUT2D eigenvalue weighted by Crippen LogP contribution is -2.38. The first-order chi connectivity index (χ1) is 11.8. The Bertz CT molecular complexity index is 623. The largest absolute Gasteiger partial charge is 0.392 e. The van der Waals surface area contributed by atoms with E-state index in [4.69, 9.17) is 0 Å². The van der Waals surface area contributed by atoms with Crippen LogP contribution in [-0.4, -0.2) is 35.5 Å². The number of piperidine rings is 1. The molecule has 1 unspecified atom stereocenters. The Morgan fingerprint density at radius 2 is 1.71 bits per heavy atom. The minimum atomic E-state index is -0.215. The van der Waals surface area contributed by atoms with Crippen molar-refractivity contribution in [1.82, 2.24) is 4.90 Å². The summed E-state index contributed by atoms with van der Waals surface area (Å²) in [4.78, 5) is 3.91. The molecule has 1 N–H and O–H groups in total. The van der Waals surface area contributed by atoms with Crippen LogP contribution in [0.25, 0.3) is 0 Å². The van der Waals surface area contributed by atoms with E-state index in [1.165, 1.54) is 16.0 Å². The normalized spacial score (nSPS) is 17.8. The van der Waals surface area contributed by atoms with Crippen LogP contribution >= 0.6 is 11.8 Å². The van der Waals surface area contributed by atoms with Crippen molar-refractivity contribution < 1.29 is 5.11 Å². The summed E-state index contributed by atoms with van der Waals surface area (Å²) in [5.41, 5.74) is 2.66. The van der Waals surface area contributed by atoms with E-state index in [-0.39, 0.29) is 6.10 Å². The first kappa shape index (κ1) is 17.5. The van der Waals surface area contributed by atoms with Crippen LogP contribution in [0.15, 0.2) is 59.5 Å². The molecule has 1 atom stereocenters. The molecule has 0 radical (unpaired) electrons. The predicted octanol–water partition coefficient (Wildman–Crippen LogP) is 4.22. The standard InChI is InChI=1S/C21H27NOS/c1-24-21-10-6-5-9-19(21)16-22-13-11-18(12-14-22)20(23)15-17-7-3-2-4-8-17/h2-10,18,20,23H,11-16H2,1H3. The summed E-state index contributed by atoms with van der Waals surface area (Å²) in [6.07, 6.45) is 4.89. The van der Waals surface area contributed by atoms with Crippen LogP contribution in [0.1, 0.15) is 24.0 Å². The summed E-state index contributed by atoms with van der Waals surface area (Å²) in [6, 6.07) is 19.0. The molecule has 3 heteroatoms. The van der Waals surface area contributed by atoms with Gasteiger partial charge in [0.25, 0.3) is 0 Å². The van der Waals surface area contributed by atoms with E-state index >= 15 is 0 Å². The lowest BCUT2D eigenvalue weighted by molar-refractivity contribution is 0.0574. The maximum Gasteiger partial charge on any atom is 0.0609 e. The highest BCUT2D eigenvalue weighted by atomic mass is 32.2. The summed E-state index contributed by atoms with van der Waals surface area (Å²) in [7, 11) is 0. The number of aliphatic hydroxyl groups is 1. The molecule has 2 nitrogen and oxygen atoms in total. The highest BCUT2D eigenvalue weighted by Gasteiger charge is 2.25. The molecule has 1 saturated heterocycles. The number of likely N-dealkylation sites (tertiary alicyclic amines) is 1. The molecule has 1 aliphatic heterocycles. The lowest BCUT2D eigenvalue weighted by atomic mass is 9.88. The van der Waals surface area contributed by atoms with Gasteiger partial charge in [-0.2, -0.15) is 0 Å². The molecule has 0 saturated carbocycles. The number of benzene rings is 2. The van der Waals surface area contributed by atoms with Crippen molar-refractivity contribution in [1.29, 1.82) is 0 Å². The number of hydrogen-bond acceptors (Lipinski definition) is 3. The van der Waals surface area contributed by atoms with Crippen LogP contribution in [0.4, 0.5) is 0 Å². The van der Waals surface area contributed by atoms with Crippen LogP contribution in [0.5, 0.6) is 0 Å². The molecule has 1 aliphatic rings. The van der Waals surface area contributed by atoms with E-state index in [9.17, 15) is 5.11 Å². The highest BCUT2D eigenvalue weighted by molar-refractivity contribution is 7.98. The summed E-state index contributed by atoms with van der Waals surface area (Å²) in [6.45, 7) is 3.19. The zero-order valence-electron chi connectivity index (χ0n) is 14.4. The van der Waals surface area contributed by atoms with Crippen LogP contribution in [-0.2, 0) is 13.0 Å². The van der Waals surface area contributed by atoms with Gasteiger partial charge < -0.3 is 5.11 Å². The van der Waals surface area contributed by atoms with Gasteiger partial charge in [0, 0.05) is 11.4 Å². The molecule has 0 aromatic heterocycles. The second kappa shape index (κ2) is 8.70. The van der Waals surface area contributed by atoms with Crippen molar-refractivity contribution in [3.05, 3.63) is 65.7 Å². The van der Waals surface area contributed by atoms with E-state index in [0.717, 1.165) is 38.9 Å². The van der Waals surface area contributed by atoms with Crippen molar-refractivity contribution in [2.45, 2.75) is 36.8 Å². The first-order valence-corrected chi connectivity index (χ1v) is 10.0. The molecule has 1 fully saturated rings. The van der Waals surface area contributed by atoms with Crippen molar-refractivity contribution in [3.8, 4) is 0 Å². The fraction of sp³-hybridized carbons (Fsp3) is 0.429. The SMILES string of the molecule is CSc1ccccc1CN1CCC(C(O)Cc2ccccc2)CC1. The third kappa shape index (κ3) is 4.62. The van der Waals surface area contributed by atoms with Crippen LogP contribution in [0.3, 0.4) is 0 Å². The van der Waals surface area contributed by atoms with E-state index < -0.39 is 0 Å².